The third kappa shape index (κ3) is 2.96. The van der Waals surface area contributed by atoms with Gasteiger partial charge in [-0.25, -0.2) is 0 Å². The number of anilines is 2. The highest BCUT2D eigenvalue weighted by molar-refractivity contribution is 7.19. The molecule has 1 aromatic heterocycles. The summed E-state index contributed by atoms with van der Waals surface area (Å²) in [5.74, 6) is -0.947. The van der Waals surface area contributed by atoms with E-state index in [2.05, 4.69) is 5.32 Å². The predicted octanol–water partition coefficient (Wildman–Crippen LogP) is 0.404. The van der Waals surface area contributed by atoms with Gasteiger partial charge in [-0.3, -0.25) is 9.59 Å². The van der Waals surface area contributed by atoms with Crippen LogP contribution in [0.25, 0.3) is 0 Å². The maximum Gasteiger partial charge on any atom is 0.260 e. The Bertz CT molecular complexity index is 582. The molecule has 1 saturated heterocycles. The largest absolute Gasteiger partial charge is 0.397 e. The van der Waals surface area contributed by atoms with E-state index in [1.807, 2.05) is 18.7 Å². The van der Waals surface area contributed by atoms with E-state index in [4.69, 9.17) is 16.2 Å². The minimum Gasteiger partial charge on any atom is -0.397 e. The van der Waals surface area contributed by atoms with Crippen molar-refractivity contribution < 1.29 is 14.3 Å². The summed E-state index contributed by atoms with van der Waals surface area (Å²) in [4.78, 5) is 25.8. The zero-order chi connectivity index (χ0) is 15.8. The number of thiophene rings is 1. The molecule has 0 bridgehead atoms. The van der Waals surface area contributed by atoms with E-state index in [0.717, 1.165) is 11.3 Å². The Labute approximate surface area is 127 Å². The van der Waals surface area contributed by atoms with E-state index in [9.17, 15) is 9.59 Å². The van der Waals surface area contributed by atoms with E-state index in [1.165, 1.54) is 7.05 Å². The predicted molar refractivity (Wildman–Crippen MR) is 82.9 cm³/mol. The summed E-state index contributed by atoms with van der Waals surface area (Å²) < 4.78 is 5.67. The van der Waals surface area contributed by atoms with Gasteiger partial charge in [0.2, 0.25) is 0 Å². The Hall–Kier alpha value is -1.80. The smallest absolute Gasteiger partial charge is 0.260 e. The molecule has 1 aliphatic rings. The quantitative estimate of drug-likeness (QED) is 0.748. The second-order valence-corrected chi connectivity index (χ2v) is 6.50. The molecule has 7 nitrogen and oxygen atoms in total. The van der Waals surface area contributed by atoms with Crippen molar-refractivity contribution in [1.82, 2.24) is 5.32 Å². The number of amides is 2. The van der Waals surface area contributed by atoms with Crippen molar-refractivity contribution in [3.63, 3.8) is 0 Å². The van der Waals surface area contributed by atoms with Gasteiger partial charge in [0, 0.05) is 20.1 Å². The second-order valence-electron chi connectivity index (χ2n) is 5.50. The fourth-order valence-electron chi connectivity index (χ4n) is 2.37. The Morgan fingerprint density at radius 3 is 2.62 bits per heavy atom. The van der Waals surface area contributed by atoms with Gasteiger partial charge in [-0.1, -0.05) is 0 Å². The molecule has 0 aliphatic carbocycles. The topological polar surface area (TPSA) is 111 Å². The monoisotopic (exact) mass is 312 g/mol. The highest BCUT2D eigenvalue weighted by Gasteiger charge is 2.33. The lowest BCUT2D eigenvalue weighted by Gasteiger charge is -2.39. The van der Waals surface area contributed by atoms with Gasteiger partial charge in [0.05, 0.1) is 23.5 Å². The van der Waals surface area contributed by atoms with E-state index >= 15 is 0 Å². The number of carbonyl (C=O) groups excluding carboxylic acids is 2. The van der Waals surface area contributed by atoms with Gasteiger partial charge in [0.15, 0.2) is 0 Å². The first-order chi connectivity index (χ1) is 9.76. The lowest BCUT2D eigenvalue weighted by molar-refractivity contribution is -0.0275. The molecule has 5 N–H and O–H groups in total. The molecule has 0 saturated carbocycles. The van der Waals surface area contributed by atoms with Crippen LogP contribution in [0, 0.1) is 0 Å². The first kappa shape index (κ1) is 15.6. The minimum absolute atomic E-state index is 0.145. The van der Waals surface area contributed by atoms with Crippen LogP contribution >= 0.6 is 11.3 Å². The molecular weight excluding hydrogens is 292 g/mol. The van der Waals surface area contributed by atoms with Crippen molar-refractivity contribution in [2.75, 3.05) is 37.4 Å². The Morgan fingerprint density at radius 1 is 1.43 bits per heavy atom. The van der Waals surface area contributed by atoms with Crippen LogP contribution < -0.4 is 21.7 Å². The standard InChI is InChI=1S/C13H20N4O3S/c1-13(2)6-17(4-5-20-13)12-7(11(19)16-3)8(14)9(21-12)10(15)18/h4-6,14H2,1-3H3,(H2,15,18)(H,16,19). The molecule has 8 heteroatoms. The number of ether oxygens (including phenoxy) is 1. The fraction of sp³-hybridized carbons (Fsp3) is 0.538. The van der Waals surface area contributed by atoms with Crippen molar-refractivity contribution in [1.29, 1.82) is 0 Å². The number of nitrogens with one attached hydrogen (secondary N) is 1. The molecule has 116 valence electrons. The third-order valence-corrected chi connectivity index (χ3v) is 4.60. The second kappa shape index (κ2) is 5.53. The van der Waals surface area contributed by atoms with E-state index in [1.54, 1.807) is 0 Å². The van der Waals surface area contributed by atoms with Gasteiger partial charge < -0.3 is 26.4 Å². The zero-order valence-corrected chi connectivity index (χ0v) is 13.2. The molecule has 1 fully saturated rings. The van der Waals surface area contributed by atoms with Gasteiger partial charge in [0.25, 0.3) is 11.8 Å². The summed E-state index contributed by atoms with van der Waals surface area (Å²) in [5.41, 5.74) is 11.4. The van der Waals surface area contributed by atoms with E-state index in [0.29, 0.717) is 30.3 Å². The van der Waals surface area contributed by atoms with Crippen LogP contribution in [-0.2, 0) is 4.74 Å². The number of nitrogen functional groups attached to an aromatic ring is 1. The fourth-order valence-corrected chi connectivity index (χ4v) is 3.47. The van der Waals surface area contributed by atoms with Gasteiger partial charge in [-0.05, 0) is 13.8 Å². The average Bonchev–Trinajstić information content (AvgIpc) is 2.74. The van der Waals surface area contributed by atoms with Crippen LogP contribution in [0.5, 0.6) is 0 Å². The van der Waals surface area contributed by atoms with Crippen LogP contribution in [-0.4, -0.2) is 44.2 Å². The number of morpholine rings is 1. The number of hydrogen-bond acceptors (Lipinski definition) is 6. The number of nitrogens with zero attached hydrogens (tertiary/aromatic N) is 1. The minimum atomic E-state index is -0.624. The maximum absolute atomic E-state index is 12.1. The highest BCUT2D eigenvalue weighted by Crippen LogP contribution is 2.39. The van der Waals surface area contributed by atoms with Gasteiger partial charge in [-0.2, -0.15) is 0 Å². The summed E-state index contributed by atoms with van der Waals surface area (Å²) in [6.07, 6.45) is 0. The molecule has 1 aliphatic heterocycles. The lowest BCUT2D eigenvalue weighted by Crippen LogP contribution is -2.48. The molecule has 0 spiro atoms. The number of primary amides is 1. The molecule has 0 aromatic carbocycles. The van der Waals surface area contributed by atoms with Crippen molar-refractivity contribution in [2.45, 2.75) is 19.4 Å². The van der Waals surface area contributed by atoms with E-state index < -0.39 is 5.91 Å². The van der Waals surface area contributed by atoms with Crippen molar-refractivity contribution >= 4 is 33.8 Å². The zero-order valence-electron chi connectivity index (χ0n) is 12.4. The van der Waals surface area contributed by atoms with Gasteiger partial charge >= 0.3 is 0 Å². The number of hydrogen-bond donors (Lipinski definition) is 3. The van der Waals surface area contributed by atoms with Gasteiger partial charge in [0.1, 0.15) is 9.88 Å². The van der Waals surface area contributed by atoms with Crippen LogP contribution in [0.1, 0.15) is 33.9 Å². The molecule has 0 unspecified atom stereocenters. The van der Waals surface area contributed by atoms with Crippen molar-refractivity contribution in [3.8, 4) is 0 Å². The summed E-state index contributed by atoms with van der Waals surface area (Å²) in [5, 5.41) is 3.22. The summed E-state index contributed by atoms with van der Waals surface area (Å²) in [6, 6.07) is 0. The van der Waals surface area contributed by atoms with Crippen LogP contribution in [0.15, 0.2) is 0 Å². The lowest BCUT2D eigenvalue weighted by atomic mass is 10.1. The van der Waals surface area contributed by atoms with Crippen molar-refractivity contribution in [2.24, 2.45) is 5.73 Å². The van der Waals surface area contributed by atoms with Crippen LogP contribution in [0.4, 0.5) is 10.7 Å². The molecule has 2 amide bonds. The molecule has 2 rings (SSSR count). The Balaban J connectivity index is 2.49. The highest BCUT2D eigenvalue weighted by atomic mass is 32.1. The molecule has 21 heavy (non-hydrogen) atoms. The normalized spacial score (nSPS) is 17.6. The maximum atomic E-state index is 12.1. The first-order valence-corrected chi connectivity index (χ1v) is 7.41. The summed E-state index contributed by atoms with van der Waals surface area (Å²) in [6.45, 7) is 5.74. The summed E-state index contributed by atoms with van der Waals surface area (Å²) >= 11 is 1.16. The Kier molecular flexibility index (Phi) is 4.11. The first-order valence-electron chi connectivity index (χ1n) is 6.60. The molecule has 0 radical (unpaired) electrons. The number of carbonyl (C=O) groups is 2. The SMILES string of the molecule is CNC(=O)c1c(N2CCOC(C)(C)C2)sc(C(N)=O)c1N. The third-order valence-electron chi connectivity index (χ3n) is 3.32. The molecule has 1 aromatic rings. The average molecular weight is 312 g/mol. The van der Waals surface area contributed by atoms with Gasteiger partial charge in [-0.15, -0.1) is 11.3 Å². The van der Waals surface area contributed by atoms with Crippen LogP contribution in [0.3, 0.4) is 0 Å². The molecule has 2 heterocycles. The Morgan fingerprint density at radius 2 is 2.10 bits per heavy atom. The van der Waals surface area contributed by atoms with E-state index in [-0.39, 0.29) is 22.1 Å². The van der Waals surface area contributed by atoms with Crippen LogP contribution in [0.2, 0.25) is 0 Å². The molecule has 0 atom stereocenters. The summed E-state index contributed by atoms with van der Waals surface area (Å²) in [7, 11) is 1.52. The molecular formula is C13H20N4O3S. The number of rotatable bonds is 3. The number of nitrogens with two attached hydrogens (primary N) is 2. The van der Waals surface area contributed by atoms with Crippen molar-refractivity contribution in [3.05, 3.63) is 10.4 Å².